The second-order valence-electron chi connectivity index (χ2n) is 7.53. The number of nitro benzene ring substituents is 1. The van der Waals surface area contributed by atoms with Gasteiger partial charge in [0.15, 0.2) is 10.6 Å². The van der Waals surface area contributed by atoms with Crippen LogP contribution in [0.15, 0.2) is 46.3 Å². The van der Waals surface area contributed by atoms with Crippen LogP contribution in [0, 0.1) is 10.1 Å². The second kappa shape index (κ2) is 11.7. The van der Waals surface area contributed by atoms with Crippen LogP contribution in [0.25, 0.3) is 10.2 Å². The maximum absolute atomic E-state index is 13.0. The Morgan fingerprint density at radius 3 is 2.25 bits per heavy atom. The first-order chi connectivity index (χ1) is 17.1. The number of carbonyl (C=O) groups is 1. The molecule has 3 rings (SSSR count). The van der Waals surface area contributed by atoms with Crippen LogP contribution >= 0.6 is 11.3 Å². The van der Waals surface area contributed by atoms with Crippen molar-refractivity contribution in [2.75, 3.05) is 47.6 Å². The summed E-state index contributed by atoms with van der Waals surface area (Å²) in [5.41, 5.74) is 0.610. The van der Waals surface area contributed by atoms with E-state index in [1.807, 2.05) is 0 Å². The highest BCUT2D eigenvalue weighted by Gasteiger charge is 2.24. The van der Waals surface area contributed by atoms with E-state index in [0.717, 1.165) is 11.3 Å². The van der Waals surface area contributed by atoms with Crippen molar-refractivity contribution in [3.8, 4) is 5.75 Å². The van der Waals surface area contributed by atoms with E-state index in [2.05, 4.69) is 4.99 Å². The molecule has 0 saturated heterocycles. The number of nitrogens with zero attached hydrogens (tertiary/aromatic N) is 4. The molecule has 194 valence electrons. The van der Waals surface area contributed by atoms with Crippen LogP contribution in [0.3, 0.4) is 0 Å². The highest BCUT2D eigenvalue weighted by atomic mass is 32.2. The standard InChI is InChI=1S/C22H26N4O8S2/c1-24-20-18(34-4)13-16(26(28)29)14-19(20)35-22(24)23-21(27)15-5-7-17(8-6-15)36(30,31)25(9-11-32-2)10-12-33-3/h5-8,13-14H,9-12H2,1-4H3. The lowest BCUT2D eigenvalue weighted by Gasteiger charge is -2.21. The Morgan fingerprint density at radius 2 is 1.72 bits per heavy atom. The zero-order valence-corrected chi connectivity index (χ0v) is 21.8. The SMILES string of the molecule is COCCN(CCOC)S(=O)(=O)c1ccc(C(=O)N=c2sc3cc([N+](=O)[O-])cc(OC)c3n2C)cc1. The zero-order chi connectivity index (χ0) is 26.5. The maximum Gasteiger partial charge on any atom is 0.279 e. The number of nitro groups is 1. The molecule has 36 heavy (non-hydrogen) atoms. The number of rotatable bonds is 11. The smallest absolute Gasteiger partial charge is 0.279 e. The third kappa shape index (κ3) is 5.79. The van der Waals surface area contributed by atoms with Crippen LogP contribution in [0.5, 0.6) is 5.75 Å². The van der Waals surface area contributed by atoms with Crippen LogP contribution in [0.4, 0.5) is 5.69 Å². The van der Waals surface area contributed by atoms with Gasteiger partial charge in [-0.25, -0.2) is 8.42 Å². The number of ether oxygens (including phenoxy) is 3. The van der Waals surface area contributed by atoms with E-state index in [1.54, 1.807) is 11.6 Å². The van der Waals surface area contributed by atoms with E-state index in [1.165, 1.54) is 62.0 Å². The largest absolute Gasteiger partial charge is 0.494 e. The monoisotopic (exact) mass is 538 g/mol. The summed E-state index contributed by atoms with van der Waals surface area (Å²) in [7, 11) is 2.21. The molecule has 1 heterocycles. The van der Waals surface area contributed by atoms with Gasteiger partial charge in [-0.15, -0.1) is 0 Å². The molecule has 1 aromatic heterocycles. The summed E-state index contributed by atoms with van der Waals surface area (Å²) in [4.78, 5) is 28.0. The minimum Gasteiger partial charge on any atom is -0.494 e. The lowest BCUT2D eigenvalue weighted by atomic mass is 10.2. The predicted molar refractivity (Wildman–Crippen MR) is 133 cm³/mol. The Balaban J connectivity index is 1.93. The first-order valence-electron chi connectivity index (χ1n) is 10.6. The Bertz CT molecular complexity index is 1420. The number of sulfonamides is 1. The van der Waals surface area contributed by atoms with Crippen molar-refractivity contribution in [2.45, 2.75) is 4.90 Å². The van der Waals surface area contributed by atoms with Gasteiger partial charge in [0.05, 0.1) is 40.9 Å². The van der Waals surface area contributed by atoms with Crippen molar-refractivity contribution >= 4 is 43.2 Å². The molecule has 0 aliphatic carbocycles. The molecule has 0 fully saturated rings. The van der Waals surface area contributed by atoms with E-state index >= 15 is 0 Å². The molecule has 0 atom stereocenters. The molecular formula is C22H26N4O8S2. The van der Waals surface area contributed by atoms with Gasteiger partial charge in [0.2, 0.25) is 10.0 Å². The molecule has 2 aromatic carbocycles. The summed E-state index contributed by atoms with van der Waals surface area (Å²) in [6.07, 6.45) is 0. The number of amides is 1. The molecular weight excluding hydrogens is 512 g/mol. The number of benzene rings is 2. The molecule has 0 saturated carbocycles. The van der Waals surface area contributed by atoms with Crippen LogP contribution in [-0.4, -0.2) is 75.8 Å². The molecule has 0 N–H and O–H groups in total. The lowest BCUT2D eigenvalue weighted by Crippen LogP contribution is -2.36. The highest BCUT2D eigenvalue weighted by Crippen LogP contribution is 2.32. The van der Waals surface area contributed by atoms with Gasteiger partial charge in [0.1, 0.15) is 5.52 Å². The summed E-state index contributed by atoms with van der Waals surface area (Å²) in [6, 6.07) is 8.18. The summed E-state index contributed by atoms with van der Waals surface area (Å²) >= 11 is 1.10. The normalized spacial score (nSPS) is 12.4. The molecule has 0 unspecified atom stereocenters. The summed E-state index contributed by atoms with van der Waals surface area (Å²) in [6.45, 7) is 0.752. The third-order valence-electron chi connectivity index (χ3n) is 5.30. The van der Waals surface area contributed by atoms with Gasteiger partial charge in [-0.1, -0.05) is 11.3 Å². The maximum atomic E-state index is 13.0. The first kappa shape index (κ1) is 27.4. The molecule has 12 nitrogen and oxygen atoms in total. The Hall–Kier alpha value is -3.17. The minimum absolute atomic E-state index is 0.0238. The summed E-state index contributed by atoms with van der Waals surface area (Å²) in [5.74, 6) is -0.307. The second-order valence-corrected chi connectivity index (χ2v) is 10.5. The fourth-order valence-corrected chi connectivity index (χ4v) is 5.88. The van der Waals surface area contributed by atoms with Gasteiger partial charge >= 0.3 is 0 Å². The Morgan fingerprint density at radius 1 is 1.11 bits per heavy atom. The van der Waals surface area contributed by atoms with E-state index in [9.17, 15) is 23.3 Å². The van der Waals surface area contributed by atoms with Crippen LogP contribution in [0.2, 0.25) is 0 Å². The first-order valence-corrected chi connectivity index (χ1v) is 12.9. The van der Waals surface area contributed by atoms with Crippen molar-refractivity contribution in [3.05, 3.63) is 56.9 Å². The quantitative estimate of drug-likeness (QED) is 0.267. The van der Waals surface area contributed by atoms with E-state index in [0.29, 0.717) is 15.0 Å². The number of methoxy groups -OCH3 is 3. The van der Waals surface area contributed by atoms with Gasteiger partial charge < -0.3 is 18.8 Å². The number of aryl methyl sites for hydroxylation is 1. The van der Waals surface area contributed by atoms with Crippen LogP contribution in [0.1, 0.15) is 10.4 Å². The van der Waals surface area contributed by atoms with Crippen molar-refractivity contribution in [2.24, 2.45) is 12.0 Å². The molecule has 0 bridgehead atoms. The molecule has 0 aliphatic heterocycles. The van der Waals surface area contributed by atoms with Crippen molar-refractivity contribution in [1.82, 2.24) is 8.87 Å². The highest BCUT2D eigenvalue weighted by molar-refractivity contribution is 7.89. The molecule has 0 radical (unpaired) electrons. The number of non-ortho nitro benzene ring substituents is 1. The number of hydrogen-bond acceptors (Lipinski definition) is 9. The van der Waals surface area contributed by atoms with Gasteiger partial charge in [-0.05, 0) is 24.3 Å². The van der Waals surface area contributed by atoms with Crippen LogP contribution in [-0.2, 0) is 26.5 Å². The zero-order valence-electron chi connectivity index (χ0n) is 20.2. The number of carbonyl (C=O) groups excluding carboxylic acids is 1. The summed E-state index contributed by atoms with van der Waals surface area (Å²) in [5, 5.41) is 11.2. The van der Waals surface area contributed by atoms with Crippen molar-refractivity contribution < 1.29 is 32.3 Å². The number of fused-ring (bicyclic) bond motifs is 1. The molecule has 0 aliphatic rings. The number of aromatic nitrogens is 1. The Kier molecular flexibility index (Phi) is 8.92. The molecule has 1 amide bonds. The number of thiazole rings is 1. The number of hydrogen-bond donors (Lipinski definition) is 0. The fourth-order valence-electron chi connectivity index (χ4n) is 3.41. The molecule has 3 aromatic rings. The molecule has 0 spiro atoms. The van der Waals surface area contributed by atoms with Crippen molar-refractivity contribution in [1.29, 1.82) is 0 Å². The van der Waals surface area contributed by atoms with E-state index < -0.39 is 20.9 Å². The topological polar surface area (TPSA) is 143 Å². The van der Waals surface area contributed by atoms with Gasteiger partial charge in [0, 0.05) is 46.0 Å². The van der Waals surface area contributed by atoms with E-state index in [4.69, 9.17) is 14.2 Å². The van der Waals surface area contributed by atoms with Gasteiger partial charge in [0.25, 0.3) is 11.6 Å². The lowest BCUT2D eigenvalue weighted by molar-refractivity contribution is -0.384. The van der Waals surface area contributed by atoms with Gasteiger partial charge in [-0.2, -0.15) is 9.30 Å². The molecule has 14 heteroatoms. The average Bonchev–Trinajstić information content (AvgIpc) is 3.18. The van der Waals surface area contributed by atoms with Crippen LogP contribution < -0.4 is 9.54 Å². The Labute approximate surface area is 211 Å². The third-order valence-corrected chi connectivity index (χ3v) is 8.30. The van der Waals surface area contributed by atoms with Gasteiger partial charge in [-0.3, -0.25) is 14.9 Å². The van der Waals surface area contributed by atoms with Crippen molar-refractivity contribution in [3.63, 3.8) is 0 Å². The fraction of sp³-hybridized carbons (Fsp3) is 0.364. The average molecular weight is 539 g/mol. The summed E-state index contributed by atoms with van der Waals surface area (Å²) < 4.78 is 44.8. The van der Waals surface area contributed by atoms with E-state index in [-0.39, 0.29) is 48.2 Å². The predicted octanol–water partition coefficient (Wildman–Crippen LogP) is 2.18. The minimum atomic E-state index is -3.83.